The van der Waals surface area contributed by atoms with Crippen molar-refractivity contribution in [1.82, 2.24) is 10.2 Å². The van der Waals surface area contributed by atoms with Gasteiger partial charge in [0, 0.05) is 37.8 Å². The molecule has 3 rings (SSSR count). The highest BCUT2D eigenvalue weighted by Gasteiger charge is 2.34. The van der Waals surface area contributed by atoms with E-state index in [0.717, 1.165) is 39.0 Å². The summed E-state index contributed by atoms with van der Waals surface area (Å²) in [5.41, 5.74) is 0.661. The van der Waals surface area contributed by atoms with Crippen LogP contribution in [0.5, 0.6) is 5.75 Å². The van der Waals surface area contributed by atoms with E-state index in [1.54, 1.807) is 0 Å². The molecule has 1 saturated heterocycles. The molecule has 0 unspecified atom stereocenters. The molecule has 2 fully saturated rings. The second-order valence-corrected chi connectivity index (χ2v) is 6.51. The summed E-state index contributed by atoms with van der Waals surface area (Å²) < 4.78 is 13.8. The third kappa shape index (κ3) is 4.64. The van der Waals surface area contributed by atoms with Gasteiger partial charge in [0.2, 0.25) is 0 Å². The van der Waals surface area contributed by atoms with Crippen molar-refractivity contribution in [2.45, 2.75) is 31.7 Å². The number of halogens is 4. The normalized spacial score (nSPS) is 20.6. The molecule has 2 N–H and O–H groups in total. The van der Waals surface area contributed by atoms with E-state index in [4.69, 9.17) is 11.6 Å². The quantitative estimate of drug-likeness (QED) is 0.820. The second-order valence-electron chi connectivity index (χ2n) is 6.10. The lowest BCUT2D eigenvalue weighted by molar-refractivity contribution is 0.123. The minimum absolute atomic E-state index is 0. The van der Waals surface area contributed by atoms with E-state index in [1.807, 2.05) is 0 Å². The minimum Gasteiger partial charge on any atom is -0.506 e. The molecule has 1 heterocycles. The Hall–Kier alpha value is -0.260. The molecule has 0 spiro atoms. The van der Waals surface area contributed by atoms with Gasteiger partial charge in [-0.25, -0.2) is 4.39 Å². The molecule has 1 aliphatic carbocycles. The average molecular weight is 386 g/mol. The van der Waals surface area contributed by atoms with E-state index in [-0.39, 0.29) is 47.4 Å². The fraction of sp³-hybridized carbons (Fsp3) is 0.625. The number of phenols is 1. The Morgan fingerprint density at radius 1 is 1.17 bits per heavy atom. The van der Waals surface area contributed by atoms with E-state index >= 15 is 0 Å². The molecule has 3 nitrogen and oxygen atoms in total. The van der Waals surface area contributed by atoms with Gasteiger partial charge in [-0.3, -0.25) is 4.90 Å². The van der Waals surface area contributed by atoms with E-state index in [0.29, 0.717) is 11.5 Å². The van der Waals surface area contributed by atoms with Crippen molar-refractivity contribution < 1.29 is 9.50 Å². The first-order valence-corrected chi connectivity index (χ1v) is 8.17. The van der Waals surface area contributed by atoms with Gasteiger partial charge in [0.05, 0.1) is 5.02 Å². The fourth-order valence-corrected chi connectivity index (χ4v) is 4.01. The van der Waals surface area contributed by atoms with Crippen molar-refractivity contribution in [3.05, 3.63) is 28.5 Å². The lowest BCUT2D eigenvalue weighted by atomic mass is 9.89. The summed E-state index contributed by atoms with van der Waals surface area (Å²) in [6, 6.07) is 2.72. The molecule has 132 valence electrons. The van der Waals surface area contributed by atoms with Crippen LogP contribution in [-0.2, 0) is 0 Å². The van der Waals surface area contributed by atoms with Crippen molar-refractivity contribution in [3.63, 3.8) is 0 Å². The van der Waals surface area contributed by atoms with Crippen molar-refractivity contribution in [2.24, 2.45) is 5.92 Å². The summed E-state index contributed by atoms with van der Waals surface area (Å²) in [7, 11) is 0. The van der Waals surface area contributed by atoms with Crippen LogP contribution >= 0.6 is 36.4 Å². The maximum atomic E-state index is 13.8. The van der Waals surface area contributed by atoms with Crippen LogP contribution in [0.4, 0.5) is 4.39 Å². The molecule has 0 bridgehead atoms. The van der Waals surface area contributed by atoms with Gasteiger partial charge < -0.3 is 10.4 Å². The number of aromatic hydroxyl groups is 1. The monoisotopic (exact) mass is 384 g/mol. The van der Waals surface area contributed by atoms with Gasteiger partial charge in [0.25, 0.3) is 0 Å². The molecule has 0 amide bonds. The smallest absolute Gasteiger partial charge is 0.139 e. The van der Waals surface area contributed by atoms with Crippen molar-refractivity contribution in [1.29, 1.82) is 0 Å². The highest BCUT2D eigenvalue weighted by Crippen LogP contribution is 2.44. The Labute approximate surface area is 154 Å². The Morgan fingerprint density at radius 3 is 2.39 bits per heavy atom. The third-order valence-electron chi connectivity index (χ3n) is 4.77. The van der Waals surface area contributed by atoms with Gasteiger partial charge in [0.1, 0.15) is 11.6 Å². The maximum absolute atomic E-state index is 13.8. The molecule has 23 heavy (non-hydrogen) atoms. The van der Waals surface area contributed by atoms with Gasteiger partial charge >= 0.3 is 0 Å². The lowest BCUT2D eigenvalue weighted by Crippen LogP contribution is -2.46. The summed E-state index contributed by atoms with van der Waals surface area (Å²) in [6.07, 6.45) is 4.72. The maximum Gasteiger partial charge on any atom is 0.139 e. The van der Waals surface area contributed by atoms with E-state index in [1.165, 1.54) is 25.0 Å². The van der Waals surface area contributed by atoms with Gasteiger partial charge in [-0.2, -0.15) is 0 Å². The molecule has 1 saturated carbocycles. The van der Waals surface area contributed by atoms with Crippen LogP contribution in [0.25, 0.3) is 0 Å². The number of benzene rings is 1. The number of nitrogens with zero attached hydrogens (tertiary/aromatic N) is 1. The molecule has 7 heteroatoms. The molecule has 2 aliphatic rings. The Balaban J connectivity index is 0.00000132. The van der Waals surface area contributed by atoms with Crippen LogP contribution in [0.2, 0.25) is 5.02 Å². The number of nitrogens with one attached hydrogen (secondary N) is 1. The van der Waals surface area contributed by atoms with Gasteiger partial charge in [-0.05, 0) is 30.9 Å². The third-order valence-corrected chi connectivity index (χ3v) is 5.06. The van der Waals surface area contributed by atoms with Crippen LogP contribution in [0, 0.1) is 11.7 Å². The van der Waals surface area contributed by atoms with Gasteiger partial charge in [-0.15, -0.1) is 24.8 Å². The first-order valence-electron chi connectivity index (χ1n) is 7.79. The van der Waals surface area contributed by atoms with E-state index < -0.39 is 0 Å². The van der Waals surface area contributed by atoms with Crippen LogP contribution in [0.15, 0.2) is 12.1 Å². The summed E-state index contributed by atoms with van der Waals surface area (Å²) in [5.74, 6) is 0.159. The Bertz CT molecular complexity index is 506. The summed E-state index contributed by atoms with van der Waals surface area (Å²) in [5, 5.41) is 13.8. The fourth-order valence-electron chi connectivity index (χ4n) is 3.79. The van der Waals surface area contributed by atoms with Crippen LogP contribution in [-0.4, -0.2) is 36.2 Å². The zero-order valence-electron chi connectivity index (χ0n) is 12.9. The van der Waals surface area contributed by atoms with Crippen LogP contribution in [0.3, 0.4) is 0 Å². The Kier molecular flexibility index (Phi) is 8.39. The molecular formula is C16H24Cl3FN2O. The minimum atomic E-state index is -0.370. The summed E-state index contributed by atoms with van der Waals surface area (Å²) in [4.78, 5) is 2.37. The predicted molar refractivity (Wildman–Crippen MR) is 96.7 cm³/mol. The van der Waals surface area contributed by atoms with Crippen molar-refractivity contribution in [3.8, 4) is 5.75 Å². The van der Waals surface area contributed by atoms with E-state index in [2.05, 4.69) is 10.2 Å². The molecule has 1 aromatic carbocycles. The van der Waals surface area contributed by atoms with E-state index in [9.17, 15) is 9.50 Å². The van der Waals surface area contributed by atoms with Crippen LogP contribution < -0.4 is 5.32 Å². The zero-order chi connectivity index (χ0) is 14.8. The number of piperazine rings is 1. The lowest BCUT2D eigenvalue weighted by Gasteiger charge is -2.39. The number of phenolic OH excluding ortho intramolecular Hbond substituents is 1. The topological polar surface area (TPSA) is 35.5 Å². The second kappa shape index (κ2) is 9.28. The summed E-state index contributed by atoms with van der Waals surface area (Å²) >= 11 is 5.99. The molecule has 0 aromatic heterocycles. The van der Waals surface area contributed by atoms with Gasteiger partial charge in [0.15, 0.2) is 0 Å². The largest absolute Gasteiger partial charge is 0.506 e. The molecule has 0 radical (unpaired) electrons. The average Bonchev–Trinajstić information content (AvgIpc) is 2.99. The SMILES string of the molecule is Cl.Cl.Oc1c(Cl)cc(F)cc1[C@@H](C1CCCC1)N1CCNCC1. The standard InChI is InChI=1S/C16H22ClFN2O.2ClH/c17-14-10-12(18)9-13(16(14)21)15(11-3-1-2-4-11)20-7-5-19-6-8-20;;/h9-11,15,19,21H,1-8H2;2*1H/t15-;;/m1../s1. The molecule has 1 aliphatic heterocycles. The first kappa shape index (κ1) is 20.8. The van der Waals surface area contributed by atoms with Crippen molar-refractivity contribution in [2.75, 3.05) is 26.2 Å². The highest BCUT2D eigenvalue weighted by molar-refractivity contribution is 6.32. The summed E-state index contributed by atoms with van der Waals surface area (Å²) in [6.45, 7) is 3.73. The Morgan fingerprint density at radius 2 is 1.78 bits per heavy atom. The zero-order valence-corrected chi connectivity index (χ0v) is 15.3. The number of hydrogen-bond acceptors (Lipinski definition) is 3. The number of hydrogen-bond donors (Lipinski definition) is 2. The van der Waals surface area contributed by atoms with Gasteiger partial charge in [-0.1, -0.05) is 24.4 Å². The highest BCUT2D eigenvalue weighted by atomic mass is 35.5. The molecular weight excluding hydrogens is 362 g/mol. The first-order chi connectivity index (χ1) is 10.2. The van der Waals surface area contributed by atoms with Crippen molar-refractivity contribution >= 4 is 36.4 Å². The van der Waals surface area contributed by atoms with Crippen LogP contribution in [0.1, 0.15) is 37.3 Å². The number of rotatable bonds is 3. The molecule has 1 aromatic rings. The predicted octanol–water partition coefficient (Wildman–Crippen LogP) is 4.16. The molecule has 1 atom stereocenters.